The molecule has 5 heteroatoms. The third kappa shape index (κ3) is 4.16. The lowest BCUT2D eigenvalue weighted by molar-refractivity contribution is -0.122. The van der Waals surface area contributed by atoms with Crippen molar-refractivity contribution in [2.45, 2.75) is 40.7 Å². The number of ether oxygens (including phenoxy) is 1. The van der Waals surface area contributed by atoms with Crippen molar-refractivity contribution in [2.75, 3.05) is 13.7 Å². The fourth-order valence-corrected chi connectivity index (χ4v) is 2.51. The number of nitrogens with zero attached hydrogens (tertiary/aromatic N) is 1. The maximum absolute atomic E-state index is 12.7. The Morgan fingerprint density at radius 2 is 1.96 bits per heavy atom. The molecule has 0 fully saturated rings. The Bertz CT molecular complexity index is 801. The van der Waals surface area contributed by atoms with Crippen LogP contribution in [0.3, 0.4) is 0 Å². The summed E-state index contributed by atoms with van der Waals surface area (Å²) < 4.78 is 6.79. The van der Waals surface area contributed by atoms with E-state index < -0.39 is 0 Å². The van der Waals surface area contributed by atoms with Crippen LogP contribution >= 0.6 is 0 Å². The molecule has 0 aliphatic carbocycles. The van der Waals surface area contributed by atoms with Crippen LogP contribution in [0.4, 0.5) is 0 Å². The molecule has 24 heavy (non-hydrogen) atoms. The Morgan fingerprint density at radius 1 is 1.25 bits per heavy atom. The average Bonchev–Trinajstić information content (AvgIpc) is 2.54. The van der Waals surface area contributed by atoms with Crippen LogP contribution in [-0.2, 0) is 17.8 Å². The number of amides is 1. The van der Waals surface area contributed by atoms with Crippen LogP contribution < -0.4 is 15.6 Å². The zero-order valence-corrected chi connectivity index (χ0v) is 15.1. The Labute approximate surface area is 142 Å². The van der Waals surface area contributed by atoms with Crippen molar-refractivity contribution in [2.24, 2.45) is 5.41 Å². The quantitative estimate of drug-likeness (QED) is 0.917. The topological polar surface area (TPSA) is 60.3 Å². The Kier molecular flexibility index (Phi) is 5.32. The number of aryl methyl sites for hydroxylation is 1. The average molecular weight is 330 g/mol. The summed E-state index contributed by atoms with van der Waals surface area (Å²) >= 11 is 0. The van der Waals surface area contributed by atoms with Gasteiger partial charge in [-0.1, -0.05) is 27.7 Å². The highest BCUT2D eigenvalue weighted by Gasteiger charge is 2.15. The van der Waals surface area contributed by atoms with E-state index >= 15 is 0 Å². The summed E-state index contributed by atoms with van der Waals surface area (Å²) in [6, 6.07) is 7.46. The highest BCUT2D eigenvalue weighted by molar-refractivity contribution is 5.84. The Hall–Kier alpha value is -2.30. The summed E-state index contributed by atoms with van der Waals surface area (Å²) in [4.78, 5) is 25.0. The predicted octanol–water partition coefficient (Wildman–Crippen LogP) is 2.73. The standard InChI is InChI=1S/C19H26N2O3/c1-6-13-9-14-7-8-15(24-5)10-16(14)21(18(13)23)11-17(22)20-12-19(2,3)4/h7-10H,6,11-12H2,1-5H3,(H,20,22). The van der Waals surface area contributed by atoms with Crippen LogP contribution in [0.1, 0.15) is 33.3 Å². The number of pyridine rings is 1. The van der Waals surface area contributed by atoms with Crippen LogP contribution in [0, 0.1) is 5.41 Å². The molecule has 1 amide bonds. The number of carbonyl (C=O) groups is 1. The molecule has 130 valence electrons. The Balaban J connectivity index is 2.44. The van der Waals surface area contributed by atoms with Crippen molar-refractivity contribution in [3.8, 4) is 5.75 Å². The molecule has 1 aromatic carbocycles. The van der Waals surface area contributed by atoms with E-state index in [0.29, 0.717) is 29.8 Å². The smallest absolute Gasteiger partial charge is 0.254 e. The van der Waals surface area contributed by atoms with Crippen molar-refractivity contribution in [1.82, 2.24) is 9.88 Å². The second kappa shape index (κ2) is 7.07. The van der Waals surface area contributed by atoms with Crippen LogP contribution in [-0.4, -0.2) is 24.1 Å². The molecule has 0 aliphatic rings. The van der Waals surface area contributed by atoms with Crippen molar-refractivity contribution >= 4 is 16.8 Å². The summed E-state index contributed by atoms with van der Waals surface area (Å²) in [6.07, 6.45) is 0.629. The molecule has 0 saturated heterocycles. The molecule has 0 bridgehead atoms. The van der Waals surface area contributed by atoms with E-state index in [2.05, 4.69) is 26.1 Å². The molecule has 0 unspecified atom stereocenters. The molecule has 2 rings (SSSR count). The molecule has 0 radical (unpaired) electrons. The third-order valence-electron chi connectivity index (χ3n) is 3.88. The van der Waals surface area contributed by atoms with Gasteiger partial charge in [0, 0.05) is 18.2 Å². The monoisotopic (exact) mass is 330 g/mol. The largest absolute Gasteiger partial charge is 0.497 e. The second-order valence-corrected chi connectivity index (χ2v) is 7.18. The highest BCUT2D eigenvalue weighted by Crippen LogP contribution is 2.20. The zero-order chi connectivity index (χ0) is 17.9. The molecular weight excluding hydrogens is 304 g/mol. The molecule has 1 heterocycles. The number of carbonyl (C=O) groups excluding carboxylic acids is 1. The van der Waals surface area contributed by atoms with Gasteiger partial charge in [0.25, 0.3) is 5.56 Å². The fourth-order valence-electron chi connectivity index (χ4n) is 2.51. The molecule has 2 aromatic rings. The summed E-state index contributed by atoms with van der Waals surface area (Å²) in [5.41, 5.74) is 1.29. The maximum Gasteiger partial charge on any atom is 0.254 e. The number of methoxy groups -OCH3 is 1. The molecule has 0 atom stereocenters. The minimum atomic E-state index is -0.163. The van der Waals surface area contributed by atoms with E-state index in [0.717, 1.165) is 5.39 Å². The molecule has 5 nitrogen and oxygen atoms in total. The van der Waals surface area contributed by atoms with Crippen molar-refractivity contribution < 1.29 is 9.53 Å². The van der Waals surface area contributed by atoms with E-state index in [1.165, 1.54) is 4.57 Å². The molecule has 1 aromatic heterocycles. The molecule has 0 saturated carbocycles. The zero-order valence-electron chi connectivity index (χ0n) is 15.1. The first-order valence-electron chi connectivity index (χ1n) is 8.22. The fraction of sp³-hybridized carbons (Fsp3) is 0.474. The first-order chi connectivity index (χ1) is 11.2. The second-order valence-electron chi connectivity index (χ2n) is 7.18. The molecule has 0 aliphatic heterocycles. The van der Waals surface area contributed by atoms with Gasteiger partial charge in [-0.25, -0.2) is 0 Å². The third-order valence-corrected chi connectivity index (χ3v) is 3.88. The van der Waals surface area contributed by atoms with E-state index in [4.69, 9.17) is 4.74 Å². The first-order valence-corrected chi connectivity index (χ1v) is 8.22. The van der Waals surface area contributed by atoms with E-state index in [9.17, 15) is 9.59 Å². The van der Waals surface area contributed by atoms with Gasteiger partial charge in [-0.3, -0.25) is 14.2 Å². The van der Waals surface area contributed by atoms with E-state index in [-0.39, 0.29) is 23.4 Å². The van der Waals surface area contributed by atoms with Crippen LogP contribution in [0.5, 0.6) is 5.75 Å². The van der Waals surface area contributed by atoms with Gasteiger partial charge in [-0.05, 0) is 35.4 Å². The number of nitrogens with one attached hydrogen (secondary N) is 1. The van der Waals surface area contributed by atoms with Crippen LogP contribution in [0.2, 0.25) is 0 Å². The predicted molar refractivity (Wildman–Crippen MR) is 96.6 cm³/mol. The summed E-state index contributed by atoms with van der Waals surface area (Å²) in [7, 11) is 1.58. The molecular formula is C19H26N2O3. The molecule has 0 spiro atoms. The first kappa shape index (κ1) is 18.0. The number of hydrogen-bond acceptors (Lipinski definition) is 3. The molecule has 1 N–H and O–H groups in total. The van der Waals surface area contributed by atoms with Crippen molar-refractivity contribution in [1.29, 1.82) is 0 Å². The normalized spacial score (nSPS) is 11.5. The van der Waals surface area contributed by atoms with Crippen LogP contribution in [0.15, 0.2) is 29.1 Å². The van der Waals surface area contributed by atoms with Gasteiger partial charge in [0.05, 0.1) is 12.6 Å². The van der Waals surface area contributed by atoms with Gasteiger partial charge in [0.15, 0.2) is 0 Å². The van der Waals surface area contributed by atoms with E-state index in [1.807, 2.05) is 25.1 Å². The lowest BCUT2D eigenvalue weighted by Gasteiger charge is -2.19. The van der Waals surface area contributed by atoms with Gasteiger partial charge < -0.3 is 10.1 Å². The summed E-state index contributed by atoms with van der Waals surface area (Å²) in [6.45, 7) is 8.67. The number of fused-ring (bicyclic) bond motifs is 1. The van der Waals surface area contributed by atoms with Crippen molar-refractivity contribution in [3.63, 3.8) is 0 Å². The van der Waals surface area contributed by atoms with Gasteiger partial charge in [-0.2, -0.15) is 0 Å². The minimum absolute atomic E-state index is 0.00280. The highest BCUT2D eigenvalue weighted by atomic mass is 16.5. The Morgan fingerprint density at radius 3 is 2.54 bits per heavy atom. The summed E-state index contributed by atoms with van der Waals surface area (Å²) in [5, 5.41) is 3.83. The number of benzene rings is 1. The SMILES string of the molecule is CCc1cc2ccc(OC)cc2n(CC(=O)NCC(C)(C)C)c1=O. The number of hydrogen-bond donors (Lipinski definition) is 1. The minimum Gasteiger partial charge on any atom is -0.497 e. The maximum atomic E-state index is 12.7. The van der Waals surface area contributed by atoms with Gasteiger partial charge in [0.2, 0.25) is 5.91 Å². The van der Waals surface area contributed by atoms with Crippen LogP contribution in [0.25, 0.3) is 10.9 Å². The van der Waals surface area contributed by atoms with Gasteiger partial charge >= 0.3 is 0 Å². The van der Waals surface area contributed by atoms with E-state index in [1.54, 1.807) is 13.2 Å². The number of aromatic nitrogens is 1. The number of rotatable bonds is 5. The lowest BCUT2D eigenvalue weighted by atomic mass is 9.97. The lowest BCUT2D eigenvalue weighted by Crippen LogP contribution is -2.37. The van der Waals surface area contributed by atoms with Gasteiger partial charge in [-0.15, -0.1) is 0 Å². The van der Waals surface area contributed by atoms with Gasteiger partial charge in [0.1, 0.15) is 12.3 Å². The van der Waals surface area contributed by atoms with Crippen molar-refractivity contribution in [3.05, 3.63) is 40.2 Å². The summed E-state index contributed by atoms with van der Waals surface area (Å²) in [5.74, 6) is 0.499.